The molecule has 1 aromatic heterocycles. The molecule has 3 rings (SSSR count). The molecule has 1 aliphatic heterocycles. The van der Waals surface area contributed by atoms with Crippen LogP contribution in [-0.2, 0) is 0 Å². The van der Waals surface area contributed by atoms with Crippen LogP contribution in [0.2, 0.25) is 5.15 Å². The van der Waals surface area contributed by atoms with Crippen molar-refractivity contribution in [1.82, 2.24) is 9.97 Å². The van der Waals surface area contributed by atoms with Crippen LogP contribution in [0.5, 0.6) is 0 Å². The highest BCUT2D eigenvalue weighted by Crippen LogP contribution is 2.40. The second-order valence-corrected chi connectivity index (χ2v) is 5.48. The van der Waals surface area contributed by atoms with E-state index in [1.54, 1.807) is 0 Å². The lowest BCUT2D eigenvalue weighted by molar-refractivity contribution is 0.726. The molecule has 17 heavy (non-hydrogen) atoms. The van der Waals surface area contributed by atoms with E-state index in [2.05, 4.69) is 9.88 Å². The van der Waals surface area contributed by atoms with Gasteiger partial charge in [0.15, 0.2) is 0 Å². The van der Waals surface area contributed by atoms with Crippen molar-refractivity contribution < 1.29 is 0 Å². The Balaban J connectivity index is 1.84. The molecular formula is C13H18ClN3. The number of aromatic nitrogens is 2. The third-order valence-corrected chi connectivity index (χ3v) is 3.78. The van der Waals surface area contributed by atoms with E-state index in [0.717, 1.165) is 24.7 Å². The molecule has 1 aromatic rings. The van der Waals surface area contributed by atoms with Crippen LogP contribution in [0.3, 0.4) is 0 Å². The van der Waals surface area contributed by atoms with Crippen molar-refractivity contribution in [3.8, 4) is 0 Å². The highest BCUT2D eigenvalue weighted by molar-refractivity contribution is 6.29. The monoisotopic (exact) mass is 251 g/mol. The number of halogens is 1. The summed E-state index contributed by atoms with van der Waals surface area (Å²) in [6.07, 6.45) is 7.65. The van der Waals surface area contributed by atoms with Crippen LogP contribution in [0.4, 0.5) is 5.95 Å². The van der Waals surface area contributed by atoms with Gasteiger partial charge in [-0.2, -0.15) is 0 Å². The molecule has 0 unspecified atom stereocenters. The number of rotatable bonds is 2. The summed E-state index contributed by atoms with van der Waals surface area (Å²) < 4.78 is 0. The van der Waals surface area contributed by atoms with Crippen LogP contribution in [0, 0.1) is 0 Å². The van der Waals surface area contributed by atoms with Gasteiger partial charge < -0.3 is 4.90 Å². The van der Waals surface area contributed by atoms with E-state index in [1.165, 1.54) is 38.5 Å². The summed E-state index contributed by atoms with van der Waals surface area (Å²) in [5.74, 6) is 1.49. The van der Waals surface area contributed by atoms with Gasteiger partial charge in [0.1, 0.15) is 5.15 Å². The second kappa shape index (κ2) is 4.81. The molecule has 0 spiro atoms. The summed E-state index contributed by atoms with van der Waals surface area (Å²) in [7, 11) is 0. The lowest BCUT2D eigenvalue weighted by Crippen LogP contribution is -2.26. The standard InChI is InChI=1S/C13H18ClN3/c14-12-9-11(10-5-6-10)15-13(16-12)17-7-3-1-2-4-8-17/h9-10H,1-8H2. The van der Waals surface area contributed by atoms with E-state index in [-0.39, 0.29) is 0 Å². The molecule has 92 valence electrons. The van der Waals surface area contributed by atoms with Gasteiger partial charge in [-0.05, 0) is 31.7 Å². The molecule has 4 heteroatoms. The molecule has 0 radical (unpaired) electrons. The van der Waals surface area contributed by atoms with E-state index < -0.39 is 0 Å². The second-order valence-electron chi connectivity index (χ2n) is 5.09. The molecule has 0 atom stereocenters. The van der Waals surface area contributed by atoms with Gasteiger partial charge in [0, 0.05) is 19.0 Å². The van der Waals surface area contributed by atoms with Gasteiger partial charge in [0.25, 0.3) is 0 Å². The Bertz CT molecular complexity index is 396. The Kier molecular flexibility index (Phi) is 3.19. The minimum atomic E-state index is 0.598. The first-order valence-corrected chi connectivity index (χ1v) is 7.00. The van der Waals surface area contributed by atoms with E-state index in [9.17, 15) is 0 Å². The number of anilines is 1. The van der Waals surface area contributed by atoms with Crippen molar-refractivity contribution in [2.75, 3.05) is 18.0 Å². The first-order chi connectivity index (χ1) is 8.33. The largest absolute Gasteiger partial charge is 0.341 e. The summed E-state index contributed by atoms with van der Waals surface area (Å²) in [4.78, 5) is 11.4. The predicted molar refractivity (Wildman–Crippen MR) is 69.7 cm³/mol. The Morgan fingerprint density at radius 1 is 1.06 bits per heavy atom. The average Bonchev–Trinajstić information content (AvgIpc) is 3.16. The lowest BCUT2D eigenvalue weighted by atomic mass is 10.2. The van der Waals surface area contributed by atoms with Gasteiger partial charge >= 0.3 is 0 Å². The molecule has 1 saturated carbocycles. The molecule has 3 nitrogen and oxygen atoms in total. The first kappa shape index (κ1) is 11.3. The summed E-state index contributed by atoms with van der Waals surface area (Å²) in [5, 5.41) is 0.598. The van der Waals surface area contributed by atoms with E-state index >= 15 is 0 Å². The zero-order chi connectivity index (χ0) is 11.7. The predicted octanol–water partition coefficient (Wildman–Crippen LogP) is 3.39. The van der Waals surface area contributed by atoms with Crippen molar-refractivity contribution in [2.24, 2.45) is 0 Å². The Hall–Kier alpha value is -0.830. The minimum Gasteiger partial charge on any atom is -0.341 e. The summed E-state index contributed by atoms with van der Waals surface area (Å²) >= 11 is 6.10. The van der Waals surface area contributed by atoms with Crippen LogP contribution < -0.4 is 4.90 Å². The Labute approximate surface area is 107 Å². The van der Waals surface area contributed by atoms with Gasteiger partial charge in [-0.25, -0.2) is 9.97 Å². The Morgan fingerprint density at radius 3 is 2.41 bits per heavy atom. The van der Waals surface area contributed by atoms with Crippen molar-refractivity contribution in [3.05, 3.63) is 16.9 Å². The van der Waals surface area contributed by atoms with Gasteiger partial charge in [-0.1, -0.05) is 24.4 Å². The highest BCUT2D eigenvalue weighted by Gasteiger charge is 2.26. The zero-order valence-electron chi connectivity index (χ0n) is 10.0. The van der Waals surface area contributed by atoms with Crippen LogP contribution in [0.1, 0.15) is 50.1 Å². The minimum absolute atomic E-state index is 0.598. The maximum absolute atomic E-state index is 6.10. The van der Waals surface area contributed by atoms with Gasteiger partial charge in [-0.15, -0.1) is 0 Å². The normalized spacial score (nSPS) is 21.4. The quantitative estimate of drug-likeness (QED) is 0.755. The first-order valence-electron chi connectivity index (χ1n) is 6.62. The highest BCUT2D eigenvalue weighted by atomic mass is 35.5. The molecule has 2 aliphatic rings. The van der Waals surface area contributed by atoms with Gasteiger partial charge in [0.2, 0.25) is 5.95 Å². The fraction of sp³-hybridized carbons (Fsp3) is 0.692. The van der Waals surface area contributed by atoms with Crippen LogP contribution in [0.15, 0.2) is 6.07 Å². The lowest BCUT2D eigenvalue weighted by Gasteiger charge is -2.20. The fourth-order valence-corrected chi connectivity index (χ4v) is 2.61. The Morgan fingerprint density at radius 2 is 1.76 bits per heavy atom. The van der Waals surface area contributed by atoms with Crippen molar-refractivity contribution in [3.63, 3.8) is 0 Å². The molecule has 2 fully saturated rings. The van der Waals surface area contributed by atoms with Crippen molar-refractivity contribution >= 4 is 17.5 Å². The molecule has 0 amide bonds. The fourth-order valence-electron chi connectivity index (χ4n) is 2.42. The van der Waals surface area contributed by atoms with E-state index in [4.69, 9.17) is 16.6 Å². The van der Waals surface area contributed by atoms with Crippen LogP contribution >= 0.6 is 11.6 Å². The number of nitrogens with zero attached hydrogens (tertiary/aromatic N) is 3. The SMILES string of the molecule is Clc1cc(C2CC2)nc(N2CCCCCC2)n1. The molecule has 0 N–H and O–H groups in total. The van der Waals surface area contributed by atoms with E-state index in [0.29, 0.717) is 11.1 Å². The molecule has 1 saturated heterocycles. The molecule has 0 aromatic carbocycles. The number of hydrogen-bond donors (Lipinski definition) is 0. The zero-order valence-corrected chi connectivity index (χ0v) is 10.8. The maximum Gasteiger partial charge on any atom is 0.226 e. The smallest absolute Gasteiger partial charge is 0.226 e. The van der Waals surface area contributed by atoms with Crippen LogP contribution in [-0.4, -0.2) is 23.1 Å². The molecule has 1 aliphatic carbocycles. The van der Waals surface area contributed by atoms with Crippen LogP contribution in [0.25, 0.3) is 0 Å². The van der Waals surface area contributed by atoms with E-state index in [1.807, 2.05) is 6.07 Å². The third kappa shape index (κ3) is 2.71. The topological polar surface area (TPSA) is 29.0 Å². The average molecular weight is 252 g/mol. The van der Waals surface area contributed by atoms with Gasteiger partial charge in [-0.3, -0.25) is 0 Å². The molecule has 2 heterocycles. The summed E-state index contributed by atoms with van der Waals surface area (Å²) in [5.41, 5.74) is 1.14. The van der Waals surface area contributed by atoms with Crippen molar-refractivity contribution in [1.29, 1.82) is 0 Å². The van der Waals surface area contributed by atoms with Crippen molar-refractivity contribution in [2.45, 2.75) is 44.4 Å². The maximum atomic E-state index is 6.10. The third-order valence-electron chi connectivity index (χ3n) is 3.59. The summed E-state index contributed by atoms with van der Waals surface area (Å²) in [6, 6.07) is 1.93. The summed E-state index contributed by atoms with van der Waals surface area (Å²) in [6.45, 7) is 2.15. The van der Waals surface area contributed by atoms with Gasteiger partial charge in [0.05, 0.1) is 5.69 Å². The molecule has 0 bridgehead atoms. The number of hydrogen-bond acceptors (Lipinski definition) is 3. The molecular weight excluding hydrogens is 234 g/mol.